The summed E-state index contributed by atoms with van der Waals surface area (Å²) < 4.78 is 4.88. The van der Waals surface area contributed by atoms with E-state index in [-0.39, 0.29) is 0 Å². The van der Waals surface area contributed by atoms with Crippen molar-refractivity contribution >= 4 is 82.2 Å². The molecular formula is C62H41N3. The van der Waals surface area contributed by atoms with Crippen molar-refractivity contribution in [3.63, 3.8) is 0 Å². The number of rotatable bonds is 7. The van der Waals surface area contributed by atoms with Gasteiger partial charge in [-0.05, 0) is 135 Å². The summed E-state index contributed by atoms with van der Waals surface area (Å²) in [7, 11) is 0. The van der Waals surface area contributed by atoms with E-state index in [0.717, 1.165) is 34.0 Å². The van der Waals surface area contributed by atoms with E-state index in [0.29, 0.717) is 0 Å². The Balaban J connectivity index is 1.02. The normalized spacial score (nSPS) is 11.7. The van der Waals surface area contributed by atoms with Crippen LogP contribution in [0.2, 0.25) is 0 Å². The molecule has 0 aliphatic heterocycles. The number of para-hydroxylation sites is 4. The maximum atomic E-state index is 2.46. The van der Waals surface area contributed by atoms with Gasteiger partial charge in [-0.3, -0.25) is 0 Å². The Hall–Kier alpha value is -8.66. The zero-order chi connectivity index (χ0) is 42.8. The lowest BCUT2D eigenvalue weighted by Gasteiger charge is -2.26. The molecule has 304 valence electrons. The average molecular weight is 828 g/mol. The first kappa shape index (κ1) is 36.9. The molecule has 3 heteroatoms. The molecule has 0 unspecified atom stereocenters. The van der Waals surface area contributed by atoms with Crippen LogP contribution in [-0.4, -0.2) is 9.13 Å². The Bertz CT molecular complexity index is 3930. The third kappa shape index (κ3) is 6.12. The first-order valence-electron chi connectivity index (χ1n) is 22.3. The quantitative estimate of drug-likeness (QED) is 0.156. The Morgan fingerprint density at radius 2 is 0.785 bits per heavy atom. The van der Waals surface area contributed by atoms with Crippen LogP contribution in [-0.2, 0) is 0 Å². The summed E-state index contributed by atoms with van der Waals surface area (Å²) in [5.74, 6) is 0. The van der Waals surface area contributed by atoms with Gasteiger partial charge in [-0.2, -0.15) is 0 Å². The Kier molecular flexibility index (Phi) is 8.53. The lowest BCUT2D eigenvalue weighted by molar-refractivity contribution is 1.18. The molecule has 2 heterocycles. The second-order valence-electron chi connectivity index (χ2n) is 17.0. The van der Waals surface area contributed by atoms with Gasteiger partial charge in [-0.1, -0.05) is 152 Å². The molecule has 0 aliphatic carbocycles. The van der Waals surface area contributed by atoms with Crippen molar-refractivity contribution in [2.75, 3.05) is 4.90 Å². The van der Waals surface area contributed by atoms with Crippen molar-refractivity contribution in [3.05, 3.63) is 249 Å². The molecule has 0 amide bonds. The SMILES string of the molecule is c1ccc(N(c2ccc(-c3cc(-c4ccc5c(c4)c4ccccc4n5-c4ccc5ccccc5c4)c4c(c3)c3ccccc3n4-c3ccccc3)cc2)c2ccc3ccccc3c2)cc1. The minimum absolute atomic E-state index is 1.10. The summed E-state index contributed by atoms with van der Waals surface area (Å²) in [6, 6.07) is 90.8. The van der Waals surface area contributed by atoms with Crippen molar-refractivity contribution in [2.45, 2.75) is 0 Å². The van der Waals surface area contributed by atoms with Gasteiger partial charge in [0, 0.05) is 55.5 Å². The van der Waals surface area contributed by atoms with Crippen LogP contribution >= 0.6 is 0 Å². The van der Waals surface area contributed by atoms with Crippen molar-refractivity contribution in [1.82, 2.24) is 9.13 Å². The van der Waals surface area contributed by atoms with Crippen molar-refractivity contribution < 1.29 is 0 Å². The van der Waals surface area contributed by atoms with Gasteiger partial charge in [0.1, 0.15) is 0 Å². The molecule has 0 aliphatic rings. The first-order chi connectivity index (χ1) is 32.2. The smallest absolute Gasteiger partial charge is 0.0619 e. The fourth-order valence-corrected chi connectivity index (χ4v) is 10.2. The van der Waals surface area contributed by atoms with Crippen molar-refractivity contribution in [1.29, 1.82) is 0 Å². The van der Waals surface area contributed by atoms with Gasteiger partial charge in [-0.25, -0.2) is 0 Å². The van der Waals surface area contributed by atoms with Gasteiger partial charge in [0.15, 0.2) is 0 Å². The summed E-state index contributed by atoms with van der Waals surface area (Å²) in [6.07, 6.45) is 0. The van der Waals surface area contributed by atoms with E-state index >= 15 is 0 Å². The average Bonchev–Trinajstić information content (AvgIpc) is 3.89. The van der Waals surface area contributed by atoms with Gasteiger partial charge >= 0.3 is 0 Å². The van der Waals surface area contributed by atoms with E-state index in [4.69, 9.17) is 0 Å². The van der Waals surface area contributed by atoms with E-state index in [1.165, 1.54) is 81.8 Å². The lowest BCUT2D eigenvalue weighted by Crippen LogP contribution is -2.09. The van der Waals surface area contributed by atoms with E-state index in [1.807, 2.05) is 0 Å². The zero-order valence-corrected chi connectivity index (χ0v) is 35.5. The van der Waals surface area contributed by atoms with Gasteiger partial charge < -0.3 is 14.0 Å². The van der Waals surface area contributed by atoms with Crippen LogP contribution in [0.4, 0.5) is 17.1 Å². The molecule has 0 fully saturated rings. The molecule has 13 aromatic rings. The van der Waals surface area contributed by atoms with E-state index in [2.05, 4.69) is 263 Å². The third-order valence-corrected chi connectivity index (χ3v) is 13.2. The number of nitrogens with zero attached hydrogens (tertiary/aromatic N) is 3. The summed E-state index contributed by atoms with van der Waals surface area (Å²) in [5, 5.41) is 9.84. The number of hydrogen-bond donors (Lipinski definition) is 0. The predicted molar refractivity (Wildman–Crippen MR) is 276 cm³/mol. The topological polar surface area (TPSA) is 13.1 Å². The van der Waals surface area contributed by atoms with Gasteiger partial charge in [0.05, 0.1) is 22.1 Å². The van der Waals surface area contributed by atoms with E-state index < -0.39 is 0 Å². The molecule has 0 saturated carbocycles. The molecule has 13 rings (SSSR count). The lowest BCUT2D eigenvalue weighted by atomic mass is 9.94. The van der Waals surface area contributed by atoms with Gasteiger partial charge in [0.25, 0.3) is 0 Å². The van der Waals surface area contributed by atoms with E-state index in [9.17, 15) is 0 Å². The van der Waals surface area contributed by atoms with Crippen molar-refractivity contribution in [3.8, 4) is 33.6 Å². The number of hydrogen-bond acceptors (Lipinski definition) is 1. The second kappa shape index (κ2) is 15.0. The van der Waals surface area contributed by atoms with Crippen LogP contribution < -0.4 is 4.90 Å². The molecule has 3 nitrogen and oxygen atoms in total. The highest BCUT2D eigenvalue weighted by atomic mass is 15.1. The highest BCUT2D eigenvalue weighted by Crippen LogP contribution is 2.44. The minimum atomic E-state index is 1.10. The second-order valence-corrected chi connectivity index (χ2v) is 17.0. The summed E-state index contributed by atoms with van der Waals surface area (Å²) >= 11 is 0. The van der Waals surface area contributed by atoms with E-state index in [1.54, 1.807) is 0 Å². The molecule has 0 radical (unpaired) electrons. The highest BCUT2D eigenvalue weighted by molar-refractivity contribution is 6.17. The number of fused-ring (bicyclic) bond motifs is 8. The van der Waals surface area contributed by atoms with Crippen LogP contribution in [0, 0.1) is 0 Å². The predicted octanol–water partition coefficient (Wildman–Crippen LogP) is 17.0. The number of aromatic nitrogens is 2. The maximum Gasteiger partial charge on any atom is 0.0619 e. The van der Waals surface area contributed by atoms with Crippen LogP contribution in [0.25, 0.3) is 98.8 Å². The monoisotopic (exact) mass is 827 g/mol. The van der Waals surface area contributed by atoms with Crippen molar-refractivity contribution in [2.24, 2.45) is 0 Å². The van der Waals surface area contributed by atoms with Crippen LogP contribution in [0.3, 0.4) is 0 Å². The first-order valence-corrected chi connectivity index (χ1v) is 22.3. The van der Waals surface area contributed by atoms with Gasteiger partial charge in [0.2, 0.25) is 0 Å². The summed E-state index contributed by atoms with van der Waals surface area (Å²) in [4.78, 5) is 2.35. The number of anilines is 3. The van der Waals surface area contributed by atoms with Gasteiger partial charge in [-0.15, -0.1) is 0 Å². The maximum absolute atomic E-state index is 2.46. The Labute approximate surface area is 376 Å². The molecule has 2 aromatic heterocycles. The standard InChI is InChI=1S/C62H41N3/c1-3-19-49(20-4-1)63(52-34-29-42-15-7-9-17-45(42)37-52)51-32-27-44(28-33-51)48-40-56(62-58(41-48)55-24-12-14-26-60(55)65(62)50-21-5-2-6-22-50)47-31-36-61-57(39-47)54-23-11-13-25-59(54)64(61)53-35-30-43-16-8-10-18-46(43)38-53/h1-41H. The van der Waals surface area contributed by atoms with Crippen LogP contribution in [0.15, 0.2) is 249 Å². The highest BCUT2D eigenvalue weighted by Gasteiger charge is 2.21. The molecule has 0 atom stereocenters. The summed E-state index contributed by atoms with van der Waals surface area (Å²) in [5.41, 5.74) is 15.1. The minimum Gasteiger partial charge on any atom is -0.310 e. The van der Waals surface area contributed by atoms with Crippen LogP contribution in [0.5, 0.6) is 0 Å². The van der Waals surface area contributed by atoms with Crippen LogP contribution in [0.1, 0.15) is 0 Å². The molecule has 11 aromatic carbocycles. The molecule has 0 bridgehead atoms. The number of benzene rings is 11. The largest absolute Gasteiger partial charge is 0.310 e. The Morgan fingerprint density at radius 3 is 1.52 bits per heavy atom. The molecule has 0 spiro atoms. The molecule has 0 saturated heterocycles. The molecular weight excluding hydrogens is 787 g/mol. The summed E-state index contributed by atoms with van der Waals surface area (Å²) in [6.45, 7) is 0. The Morgan fingerprint density at radius 1 is 0.262 bits per heavy atom. The third-order valence-electron chi connectivity index (χ3n) is 13.2. The fourth-order valence-electron chi connectivity index (χ4n) is 10.2. The molecule has 0 N–H and O–H groups in total. The fraction of sp³-hybridized carbons (Fsp3) is 0. The zero-order valence-electron chi connectivity index (χ0n) is 35.5. The molecule has 65 heavy (non-hydrogen) atoms.